The van der Waals surface area contributed by atoms with Gasteiger partial charge >= 0.3 is 0 Å². The van der Waals surface area contributed by atoms with Gasteiger partial charge in [0.05, 0.1) is 5.54 Å². The fourth-order valence-electron chi connectivity index (χ4n) is 4.99. The molecule has 1 aromatic rings. The second-order valence-corrected chi connectivity index (χ2v) is 6.95. The van der Waals surface area contributed by atoms with Crippen LogP contribution in [0.4, 0.5) is 0 Å². The van der Waals surface area contributed by atoms with Crippen molar-refractivity contribution in [1.82, 2.24) is 4.90 Å². The first-order valence-corrected chi connectivity index (χ1v) is 7.70. The maximum absolute atomic E-state index is 12.4. The largest absolute Gasteiger partial charge is 0.332 e. The van der Waals surface area contributed by atoms with Crippen molar-refractivity contribution in [2.75, 3.05) is 6.54 Å². The van der Waals surface area contributed by atoms with Gasteiger partial charge in [0.15, 0.2) is 0 Å². The number of hydrogen-bond donors (Lipinski definition) is 1. The summed E-state index contributed by atoms with van der Waals surface area (Å²) >= 11 is 0. The standard InChI is InChI=1S/C17H22N2O/c1-10-3-4-13-12(7-10)5-6-19-15(20)8-14-16(18)11(2)9-17(13,14)19/h3-4,7,11,14,16H,5-6,8-9,18H2,1-2H3/t11-,14-,16+,17?/m0/s1. The van der Waals surface area contributed by atoms with Gasteiger partial charge in [0.25, 0.3) is 0 Å². The van der Waals surface area contributed by atoms with Crippen LogP contribution in [0.1, 0.15) is 36.5 Å². The molecule has 3 nitrogen and oxygen atoms in total. The summed E-state index contributed by atoms with van der Waals surface area (Å²) in [4.78, 5) is 14.6. The lowest BCUT2D eigenvalue weighted by atomic mass is 9.75. The molecule has 0 aromatic heterocycles. The Morgan fingerprint density at radius 3 is 3.00 bits per heavy atom. The number of rotatable bonds is 0. The Labute approximate surface area is 120 Å². The van der Waals surface area contributed by atoms with E-state index in [1.807, 2.05) is 0 Å². The summed E-state index contributed by atoms with van der Waals surface area (Å²) in [5, 5.41) is 0. The van der Waals surface area contributed by atoms with E-state index in [-0.39, 0.29) is 11.6 Å². The second kappa shape index (κ2) is 3.85. The third-order valence-electron chi connectivity index (χ3n) is 5.88. The summed E-state index contributed by atoms with van der Waals surface area (Å²) in [6.07, 6.45) is 2.65. The van der Waals surface area contributed by atoms with E-state index >= 15 is 0 Å². The van der Waals surface area contributed by atoms with Crippen molar-refractivity contribution in [3.05, 3.63) is 34.9 Å². The first-order valence-electron chi connectivity index (χ1n) is 7.70. The maximum atomic E-state index is 12.4. The Hall–Kier alpha value is -1.35. The third-order valence-corrected chi connectivity index (χ3v) is 5.88. The summed E-state index contributed by atoms with van der Waals surface area (Å²) < 4.78 is 0. The molecule has 1 spiro atoms. The molecule has 4 rings (SSSR count). The minimum absolute atomic E-state index is 0.1000. The SMILES string of the molecule is Cc1ccc2c(c1)CCN1C(=O)C[C@H]3[C@H](N)[C@@H](C)CC231. The van der Waals surface area contributed by atoms with Gasteiger partial charge in [0.2, 0.25) is 5.91 Å². The smallest absolute Gasteiger partial charge is 0.223 e. The molecule has 3 heteroatoms. The van der Waals surface area contributed by atoms with Crippen LogP contribution in [0.2, 0.25) is 0 Å². The normalized spacial score (nSPS) is 38.6. The Kier molecular flexibility index (Phi) is 2.39. The number of nitrogens with two attached hydrogens (primary N) is 1. The van der Waals surface area contributed by atoms with Crippen LogP contribution < -0.4 is 5.73 Å². The predicted octanol–water partition coefficient (Wildman–Crippen LogP) is 1.96. The zero-order valence-corrected chi connectivity index (χ0v) is 12.2. The Morgan fingerprint density at radius 2 is 2.20 bits per heavy atom. The van der Waals surface area contributed by atoms with Crippen LogP contribution in [-0.4, -0.2) is 23.4 Å². The third kappa shape index (κ3) is 1.32. The number of amides is 1. The number of aryl methyl sites for hydroxylation is 1. The molecule has 0 bridgehead atoms. The quantitative estimate of drug-likeness (QED) is 0.783. The molecule has 3 aliphatic rings. The summed E-state index contributed by atoms with van der Waals surface area (Å²) in [6.45, 7) is 5.25. The zero-order valence-electron chi connectivity index (χ0n) is 12.2. The fraction of sp³-hybridized carbons (Fsp3) is 0.588. The molecular formula is C17H22N2O. The van der Waals surface area contributed by atoms with E-state index in [0.717, 1.165) is 19.4 Å². The highest BCUT2D eigenvalue weighted by atomic mass is 16.2. The molecular weight excluding hydrogens is 248 g/mol. The number of nitrogens with zero attached hydrogens (tertiary/aromatic N) is 1. The molecule has 2 N–H and O–H groups in total. The molecule has 106 valence electrons. The van der Waals surface area contributed by atoms with Gasteiger partial charge < -0.3 is 10.6 Å². The molecule has 2 fully saturated rings. The summed E-state index contributed by atoms with van der Waals surface area (Å²) in [5.74, 6) is 1.10. The number of carbonyl (C=O) groups excluding carboxylic acids is 1. The van der Waals surface area contributed by atoms with E-state index in [4.69, 9.17) is 5.73 Å². The molecule has 1 saturated heterocycles. The molecule has 1 aromatic carbocycles. The summed E-state index contributed by atoms with van der Waals surface area (Å²) in [6, 6.07) is 6.89. The van der Waals surface area contributed by atoms with Crippen LogP contribution in [0.25, 0.3) is 0 Å². The van der Waals surface area contributed by atoms with Crippen molar-refractivity contribution in [2.24, 2.45) is 17.6 Å². The average molecular weight is 270 g/mol. The van der Waals surface area contributed by atoms with Gasteiger partial charge in [-0.1, -0.05) is 30.7 Å². The minimum atomic E-state index is -0.1000. The molecule has 2 heterocycles. The lowest BCUT2D eigenvalue weighted by Gasteiger charge is -2.44. The van der Waals surface area contributed by atoms with Crippen LogP contribution in [-0.2, 0) is 16.8 Å². The molecule has 4 atom stereocenters. The molecule has 20 heavy (non-hydrogen) atoms. The topological polar surface area (TPSA) is 46.3 Å². The monoisotopic (exact) mass is 270 g/mol. The highest BCUT2D eigenvalue weighted by molar-refractivity contribution is 5.82. The Bertz CT molecular complexity index is 597. The average Bonchev–Trinajstić information content (AvgIpc) is 2.82. The first kappa shape index (κ1) is 12.4. The van der Waals surface area contributed by atoms with Crippen molar-refractivity contribution in [3.8, 4) is 0 Å². The fourth-order valence-corrected chi connectivity index (χ4v) is 4.99. The van der Waals surface area contributed by atoms with Gasteiger partial charge in [0.1, 0.15) is 0 Å². The second-order valence-electron chi connectivity index (χ2n) is 6.95. The number of fused-ring (bicyclic) bond motifs is 1. The van der Waals surface area contributed by atoms with E-state index in [1.54, 1.807) is 0 Å². The molecule has 1 saturated carbocycles. The number of hydrogen-bond acceptors (Lipinski definition) is 2. The van der Waals surface area contributed by atoms with Crippen molar-refractivity contribution in [1.29, 1.82) is 0 Å². The van der Waals surface area contributed by atoms with Gasteiger partial charge in [-0.05, 0) is 36.8 Å². The van der Waals surface area contributed by atoms with E-state index in [1.165, 1.54) is 16.7 Å². The minimum Gasteiger partial charge on any atom is -0.332 e. The van der Waals surface area contributed by atoms with Gasteiger partial charge in [-0.25, -0.2) is 0 Å². The lowest BCUT2D eigenvalue weighted by Crippen LogP contribution is -2.50. The highest BCUT2D eigenvalue weighted by Gasteiger charge is 2.62. The molecule has 2 aliphatic heterocycles. The van der Waals surface area contributed by atoms with Crippen molar-refractivity contribution >= 4 is 5.91 Å². The highest BCUT2D eigenvalue weighted by Crippen LogP contribution is 2.57. The Morgan fingerprint density at radius 1 is 1.40 bits per heavy atom. The molecule has 1 amide bonds. The van der Waals surface area contributed by atoms with E-state index in [9.17, 15) is 4.79 Å². The van der Waals surface area contributed by atoms with Crippen molar-refractivity contribution in [3.63, 3.8) is 0 Å². The van der Waals surface area contributed by atoms with E-state index in [0.29, 0.717) is 24.2 Å². The lowest BCUT2D eigenvalue weighted by molar-refractivity contribution is -0.132. The molecule has 1 aliphatic carbocycles. The summed E-state index contributed by atoms with van der Waals surface area (Å²) in [5.41, 5.74) is 10.5. The van der Waals surface area contributed by atoms with E-state index in [2.05, 4.69) is 36.9 Å². The Balaban J connectivity index is 1.94. The van der Waals surface area contributed by atoms with Gasteiger partial charge in [-0.15, -0.1) is 0 Å². The van der Waals surface area contributed by atoms with Crippen LogP contribution in [0.3, 0.4) is 0 Å². The predicted molar refractivity (Wildman–Crippen MR) is 78.1 cm³/mol. The van der Waals surface area contributed by atoms with Gasteiger partial charge in [-0.2, -0.15) is 0 Å². The molecule has 1 unspecified atom stereocenters. The maximum Gasteiger partial charge on any atom is 0.223 e. The van der Waals surface area contributed by atoms with Crippen molar-refractivity contribution in [2.45, 2.75) is 44.7 Å². The van der Waals surface area contributed by atoms with Crippen LogP contribution in [0.5, 0.6) is 0 Å². The van der Waals surface area contributed by atoms with Crippen LogP contribution in [0.15, 0.2) is 18.2 Å². The van der Waals surface area contributed by atoms with Crippen molar-refractivity contribution < 1.29 is 4.79 Å². The van der Waals surface area contributed by atoms with E-state index < -0.39 is 0 Å². The summed E-state index contributed by atoms with van der Waals surface area (Å²) in [7, 11) is 0. The van der Waals surface area contributed by atoms with Crippen LogP contribution in [0, 0.1) is 18.8 Å². The van der Waals surface area contributed by atoms with Crippen LogP contribution >= 0.6 is 0 Å². The first-order chi connectivity index (χ1) is 9.54. The zero-order chi connectivity index (χ0) is 14.1. The van der Waals surface area contributed by atoms with Gasteiger partial charge in [-0.3, -0.25) is 4.79 Å². The number of carbonyl (C=O) groups is 1. The number of benzene rings is 1. The molecule has 0 radical (unpaired) electrons. The van der Waals surface area contributed by atoms with Gasteiger partial charge in [0, 0.05) is 24.9 Å².